The molecular weight excluding hydrogens is 266 g/mol. The summed E-state index contributed by atoms with van der Waals surface area (Å²) in [5.41, 5.74) is 0.725. The molecule has 1 rings (SSSR count). The predicted molar refractivity (Wildman–Crippen MR) is 71.4 cm³/mol. The van der Waals surface area contributed by atoms with E-state index >= 15 is 0 Å². The van der Waals surface area contributed by atoms with Gasteiger partial charge in [0.15, 0.2) is 0 Å². The molecule has 0 saturated heterocycles. The van der Waals surface area contributed by atoms with Gasteiger partial charge in [-0.05, 0) is 12.1 Å². The highest BCUT2D eigenvalue weighted by Crippen LogP contribution is 2.16. The Balaban J connectivity index is 2.68. The first-order valence-corrected chi connectivity index (χ1v) is 6.07. The summed E-state index contributed by atoms with van der Waals surface area (Å²) >= 11 is 0. The Morgan fingerprint density at radius 1 is 1.25 bits per heavy atom. The molecule has 5 N–H and O–H groups in total. The van der Waals surface area contributed by atoms with Crippen molar-refractivity contribution in [3.63, 3.8) is 0 Å². The van der Waals surface area contributed by atoms with E-state index in [4.69, 9.17) is 5.11 Å². The highest BCUT2D eigenvalue weighted by Gasteiger charge is 2.24. The van der Waals surface area contributed by atoms with E-state index in [1.807, 2.05) is 0 Å². The van der Waals surface area contributed by atoms with Gasteiger partial charge in [-0.15, -0.1) is 0 Å². The van der Waals surface area contributed by atoms with Crippen molar-refractivity contribution in [2.45, 2.75) is 18.3 Å². The molecule has 0 unspecified atom stereocenters. The maximum atomic E-state index is 11.5. The molecule has 0 bridgehead atoms. The molecule has 1 aromatic rings. The molecule has 0 aliphatic carbocycles. The second kappa shape index (κ2) is 7.81. The minimum atomic E-state index is -1.49. The largest absolute Gasteiger partial charge is 0.465 e. The molecule has 0 spiro atoms. The maximum absolute atomic E-state index is 11.5. The van der Waals surface area contributed by atoms with Gasteiger partial charge in [-0.2, -0.15) is 0 Å². The monoisotopic (exact) mass is 285 g/mol. The Labute approximate surface area is 116 Å². The number of hydrogen-bond acceptors (Lipinski definition) is 7. The predicted octanol–water partition coefficient (Wildman–Crippen LogP) is -1.04. The molecule has 112 valence electrons. The van der Waals surface area contributed by atoms with Crippen molar-refractivity contribution in [3.05, 3.63) is 29.8 Å². The van der Waals surface area contributed by atoms with Gasteiger partial charge in [0.25, 0.3) is 0 Å². The highest BCUT2D eigenvalue weighted by atomic mass is 16.5. The van der Waals surface area contributed by atoms with Crippen LogP contribution in [0.25, 0.3) is 0 Å². The summed E-state index contributed by atoms with van der Waals surface area (Å²) < 4.78 is 4.62. The number of rotatable bonds is 7. The number of anilines is 1. The fourth-order valence-corrected chi connectivity index (χ4v) is 1.62. The topological polar surface area (TPSA) is 119 Å². The van der Waals surface area contributed by atoms with Crippen molar-refractivity contribution in [1.82, 2.24) is 0 Å². The van der Waals surface area contributed by atoms with E-state index in [1.165, 1.54) is 7.11 Å². The van der Waals surface area contributed by atoms with Crippen LogP contribution in [0.3, 0.4) is 0 Å². The lowest BCUT2D eigenvalue weighted by atomic mass is 10.1. The molecule has 20 heavy (non-hydrogen) atoms. The van der Waals surface area contributed by atoms with E-state index in [2.05, 4.69) is 10.1 Å². The number of aliphatic hydroxyl groups is 4. The summed E-state index contributed by atoms with van der Waals surface area (Å²) in [6.45, 7) is -0.761. The third-order valence-corrected chi connectivity index (χ3v) is 2.81. The third kappa shape index (κ3) is 4.17. The number of hydrogen-bond donors (Lipinski definition) is 5. The van der Waals surface area contributed by atoms with Crippen molar-refractivity contribution in [3.8, 4) is 0 Å². The smallest absolute Gasteiger partial charge is 0.339 e. The third-order valence-electron chi connectivity index (χ3n) is 2.81. The van der Waals surface area contributed by atoms with Gasteiger partial charge < -0.3 is 30.5 Å². The van der Waals surface area contributed by atoms with Crippen LogP contribution < -0.4 is 5.32 Å². The molecule has 3 atom stereocenters. The summed E-state index contributed by atoms with van der Waals surface area (Å²) in [5, 5.41) is 39.8. The van der Waals surface area contributed by atoms with Crippen molar-refractivity contribution < 1.29 is 30.0 Å². The number of carbonyl (C=O) groups excluding carboxylic acids is 1. The van der Waals surface area contributed by atoms with Gasteiger partial charge in [-0.25, -0.2) is 4.79 Å². The SMILES string of the molecule is COC(=O)c1ccccc1NC[C@@H](O)[C@@H](O)[C@H](O)CO. The molecule has 1 aromatic carbocycles. The van der Waals surface area contributed by atoms with E-state index in [1.54, 1.807) is 24.3 Å². The van der Waals surface area contributed by atoms with Crippen LogP contribution in [0.5, 0.6) is 0 Å². The Morgan fingerprint density at radius 3 is 2.50 bits per heavy atom. The molecule has 0 amide bonds. The fourth-order valence-electron chi connectivity index (χ4n) is 1.62. The second-order valence-electron chi connectivity index (χ2n) is 4.23. The molecule has 7 heteroatoms. The van der Waals surface area contributed by atoms with Crippen LogP contribution >= 0.6 is 0 Å². The number of ether oxygens (including phenoxy) is 1. The van der Waals surface area contributed by atoms with Crippen molar-refractivity contribution in [1.29, 1.82) is 0 Å². The number of carbonyl (C=O) groups is 1. The van der Waals surface area contributed by atoms with Crippen LogP contribution in [0.2, 0.25) is 0 Å². The first-order chi connectivity index (χ1) is 9.51. The molecule has 0 aliphatic rings. The minimum absolute atomic E-state index is 0.105. The first-order valence-electron chi connectivity index (χ1n) is 6.07. The fraction of sp³-hybridized carbons (Fsp3) is 0.462. The molecule has 0 heterocycles. The Morgan fingerprint density at radius 2 is 1.90 bits per heavy atom. The quantitative estimate of drug-likeness (QED) is 0.406. The Kier molecular flexibility index (Phi) is 6.40. The van der Waals surface area contributed by atoms with E-state index < -0.39 is 30.9 Å². The number of esters is 1. The van der Waals surface area contributed by atoms with Gasteiger partial charge in [-0.1, -0.05) is 12.1 Å². The molecule has 0 aromatic heterocycles. The summed E-state index contributed by atoms with van der Waals surface area (Å²) in [6, 6.07) is 6.53. The number of methoxy groups -OCH3 is 1. The lowest BCUT2D eigenvalue weighted by Crippen LogP contribution is -2.43. The van der Waals surface area contributed by atoms with Gasteiger partial charge in [0.1, 0.15) is 12.2 Å². The van der Waals surface area contributed by atoms with Gasteiger partial charge in [0.05, 0.1) is 25.4 Å². The summed E-state index contributed by atoms with van der Waals surface area (Å²) in [4.78, 5) is 11.5. The van der Waals surface area contributed by atoms with Crippen LogP contribution in [0.15, 0.2) is 24.3 Å². The summed E-state index contributed by atoms with van der Waals surface area (Å²) in [5.74, 6) is -0.529. The molecule has 0 aliphatic heterocycles. The number of para-hydroxylation sites is 1. The van der Waals surface area contributed by atoms with E-state index in [-0.39, 0.29) is 6.54 Å². The first kappa shape index (κ1) is 16.4. The molecular formula is C13H19NO6. The highest BCUT2D eigenvalue weighted by molar-refractivity contribution is 5.95. The zero-order valence-electron chi connectivity index (χ0n) is 11.1. The standard InChI is InChI=1S/C13H19NO6/c1-20-13(19)8-4-2-3-5-9(8)14-6-10(16)12(18)11(17)7-15/h2-5,10-12,14-18H,6-7H2,1H3/t10-,11-,12-/m1/s1. The van der Waals surface area contributed by atoms with Gasteiger partial charge in [0, 0.05) is 12.2 Å². The molecule has 7 nitrogen and oxygen atoms in total. The Bertz CT molecular complexity index is 439. The minimum Gasteiger partial charge on any atom is -0.465 e. The number of benzene rings is 1. The zero-order valence-corrected chi connectivity index (χ0v) is 11.1. The molecule has 0 radical (unpaired) electrons. The van der Waals surface area contributed by atoms with Crippen LogP contribution in [-0.4, -0.2) is 65.0 Å². The summed E-state index contributed by atoms with van der Waals surface area (Å²) in [7, 11) is 1.26. The van der Waals surface area contributed by atoms with E-state index in [9.17, 15) is 20.1 Å². The maximum Gasteiger partial charge on any atom is 0.339 e. The van der Waals surface area contributed by atoms with Crippen molar-refractivity contribution in [2.24, 2.45) is 0 Å². The van der Waals surface area contributed by atoms with Crippen LogP contribution in [-0.2, 0) is 4.74 Å². The zero-order chi connectivity index (χ0) is 15.1. The number of nitrogens with one attached hydrogen (secondary N) is 1. The average molecular weight is 285 g/mol. The van der Waals surface area contributed by atoms with E-state index in [0.717, 1.165) is 0 Å². The number of aliphatic hydroxyl groups excluding tert-OH is 4. The lowest BCUT2D eigenvalue weighted by Gasteiger charge is -2.22. The Hall–Kier alpha value is -1.67. The normalized spacial score (nSPS) is 15.2. The van der Waals surface area contributed by atoms with Gasteiger partial charge >= 0.3 is 5.97 Å². The van der Waals surface area contributed by atoms with Crippen LogP contribution in [0, 0.1) is 0 Å². The molecule has 0 fully saturated rings. The van der Waals surface area contributed by atoms with Gasteiger partial charge in [-0.3, -0.25) is 0 Å². The van der Waals surface area contributed by atoms with Gasteiger partial charge in [0.2, 0.25) is 0 Å². The van der Waals surface area contributed by atoms with Crippen molar-refractivity contribution in [2.75, 3.05) is 25.6 Å². The van der Waals surface area contributed by atoms with Crippen LogP contribution in [0.4, 0.5) is 5.69 Å². The van der Waals surface area contributed by atoms with Crippen molar-refractivity contribution >= 4 is 11.7 Å². The summed E-state index contributed by atoms with van der Waals surface area (Å²) in [6.07, 6.45) is -4.22. The van der Waals surface area contributed by atoms with E-state index in [0.29, 0.717) is 11.3 Å². The lowest BCUT2D eigenvalue weighted by molar-refractivity contribution is -0.0715. The average Bonchev–Trinajstić information content (AvgIpc) is 2.50. The van der Waals surface area contributed by atoms with Crippen LogP contribution in [0.1, 0.15) is 10.4 Å². The second-order valence-corrected chi connectivity index (χ2v) is 4.23. The molecule has 0 saturated carbocycles.